The van der Waals surface area contributed by atoms with Gasteiger partial charge in [0.05, 0.1) is 10.6 Å². The van der Waals surface area contributed by atoms with Gasteiger partial charge in [0, 0.05) is 27.5 Å². The Morgan fingerprint density at radius 2 is 1.89 bits per heavy atom. The Kier molecular flexibility index (Phi) is 4.29. The van der Waals surface area contributed by atoms with E-state index in [1.54, 1.807) is 12.1 Å². The number of nitro benzene ring substituents is 1. The molecule has 1 aromatic heterocycles. The number of halogens is 1. The molecule has 1 fully saturated rings. The van der Waals surface area contributed by atoms with Crippen LogP contribution in [0, 0.1) is 10.1 Å². The fourth-order valence-electron chi connectivity index (χ4n) is 2.88. The summed E-state index contributed by atoms with van der Waals surface area (Å²) >= 11 is 4.69. The number of carbonyl (C=O) groups is 1. The van der Waals surface area contributed by atoms with Crippen molar-refractivity contribution >= 4 is 38.9 Å². The zero-order valence-corrected chi connectivity index (χ0v) is 16.1. The maximum Gasteiger partial charge on any atom is 0.269 e. The molecule has 1 saturated heterocycles. The van der Waals surface area contributed by atoms with Gasteiger partial charge < -0.3 is 10.5 Å². The van der Waals surface area contributed by atoms with E-state index in [-0.39, 0.29) is 5.69 Å². The van der Waals surface area contributed by atoms with Gasteiger partial charge in [-0.2, -0.15) is 0 Å². The number of hydrogen-bond acceptors (Lipinski definition) is 6. The Morgan fingerprint density at radius 1 is 1.22 bits per heavy atom. The lowest BCUT2D eigenvalue weighted by atomic mass is 9.99. The van der Waals surface area contributed by atoms with Gasteiger partial charge in [0.15, 0.2) is 0 Å². The van der Waals surface area contributed by atoms with Crippen molar-refractivity contribution < 1.29 is 14.5 Å². The fraction of sp³-hybridized carbons (Fsp3) is 0.111. The van der Waals surface area contributed by atoms with Crippen LogP contribution in [-0.2, 0) is 15.1 Å². The summed E-state index contributed by atoms with van der Waals surface area (Å²) in [6.07, 6.45) is -0.611. The molecule has 2 unspecified atom stereocenters. The number of nitro groups is 1. The van der Waals surface area contributed by atoms with Crippen molar-refractivity contribution in [1.29, 1.82) is 0 Å². The number of aromatic nitrogens is 1. The van der Waals surface area contributed by atoms with Gasteiger partial charge in [0.2, 0.25) is 5.60 Å². The molecule has 1 amide bonds. The van der Waals surface area contributed by atoms with E-state index >= 15 is 0 Å². The molecule has 2 atom stereocenters. The monoisotopic (exact) mass is 445 g/mol. The summed E-state index contributed by atoms with van der Waals surface area (Å²) in [7, 11) is 0. The first-order valence-corrected chi connectivity index (χ1v) is 9.53. The smallest absolute Gasteiger partial charge is 0.269 e. The second-order valence-corrected chi connectivity index (χ2v) is 7.77. The highest BCUT2D eigenvalue weighted by Gasteiger charge is 2.65. The molecule has 0 aliphatic carbocycles. The Morgan fingerprint density at radius 3 is 2.48 bits per heavy atom. The predicted molar refractivity (Wildman–Crippen MR) is 103 cm³/mol. The van der Waals surface area contributed by atoms with Crippen LogP contribution in [0.25, 0.3) is 11.3 Å². The molecule has 0 radical (unpaired) electrons. The molecule has 0 spiro atoms. The van der Waals surface area contributed by atoms with Crippen LogP contribution in [0.15, 0.2) is 58.4 Å². The first kappa shape index (κ1) is 17.8. The van der Waals surface area contributed by atoms with Crippen LogP contribution in [0.5, 0.6) is 0 Å². The van der Waals surface area contributed by atoms with Crippen molar-refractivity contribution in [2.75, 3.05) is 0 Å². The Balaban J connectivity index is 1.65. The highest BCUT2D eigenvalue weighted by molar-refractivity contribution is 9.10. The van der Waals surface area contributed by atoms with Crippen LogP contribution in [0.3, 0.4) is 0 Å². The van der Waals surface area contributed by atoms with Crippen molar-refractivity contribution in [2.45, 2.75) is 11.7 Å². The molecular formula is C18H12BrN3O4S. The van der Waals surface area contributed by atoms with E-state index in [9.17, 15) is 14.9 Å². The van der Waals surface area contributed by atoms with E-state index in [0.717, 1.165) is 15.7 Å². The van der Waals surface area contributed by atoms with Crippen molar-refractivity contribution in [3.63, 3.8) is 0 Å². The van der Waals surface area contributed by atoms with Crippen molar-refractivity contribution in [2.24, 2.45) is 5.73 Å². The van der Waals surface area contributed by atoms with Crippen molar-refractivity contribution in [3.8, 4) is 11.3 Å². The molecule has 4 rings (SSSR count). The Labute approximate surface area is 166 Å². The number of nitrogens with two attached hydrogens (primary N) is 1. The minimum absolute atomic E-state index is 0.0316. The lowest BCUT2D eigenvalue weighted by molar-refractivity contribution is -0.384. The van der Waals surface area contributed by atoms with Gasteiger partial charge in [0.25, 0.3) is 11.6 Å². The molecule has 0 bridgehead atoms. The maximum absolute atomic E-state index is 12.2. The topological polar surface area (TPSA) is 112 Å². The summed E-state index contributed by atoms with van der Waals surface area (Å²) in [6.45, 7) is 0. The normalized spacial score (nSPS) is 21.0. The Bertz CT molecular complexity index is 1040. The van der Waals surface area contributed by atoms with Crippen LogP contribution in [-0.4, -0.2) is 15.8 Å². The van der Waals surface area contributed by atoms with Gasteiger partial charge in [-0.1, -0.05) is 28.1 Å². The van der Waals surface area contributed by atoms with Gasteiger partial charge in [-0.05, 0) is 29.8 Å². The summed E-state index contributed by atoms with van der Waals surface area (Å²) < 4.78 is 6.66. The third-order valence-corrected chi connectivity index (χ3v) is 5.84. The molecular weight excluding hydrogens is 434 g/mol. The van der Waals surface area contributed by atoms with Crippen LogP contribution in [0.4, 0.5) is 5.69 Å². The minimum atomic E-state index is -1.34. The summed E-state index contributed by atoms with van der Waals surface area (Å²) in [5, 5.41) is 13.1. The van der Waals surface area contributed by atoms with Crippen LogP contribution in [0.1, 0.15) is 16.7 Å². The summed E-state index contributed by atoms with van der Waals surface area (Å²) in [4.78, 5) is 27.1. The average Bonchev–Trinajstić information content (AvgIpc) is 3.24. The third kappa shape index (κ3) is 3.03. The van der Waals surface area contributed by atoms with Gasteiger partial charge in [-0.3, -0.25) is 14.9 Å². The van der Waals surface area contributed by atoms with Crippen molar-refractivity contribution in [3.05, 3.63) is 79.1 Å². The number of amides is 1. The molecule has 2 aromatic carbocycles. The largest absolute Gasteiger partial charge is 0.367 e. The Hall–Kier alpha value is -2.62. The molecule has 27 heavy (non-hydrogen) atoms. The number of rotatable bonds is 5. The number of hydrogen-bond donors (Lipinski definition) is 1. The maximum atomic E-state index is 12.2. The average molecular weight is 446 g/mol. The third-order valence-electron chi connectivity index (χ3n) is 4.35. The zero-order chi connectivity index (χ0) is 19.2. The first-order chi connectivity index (χ1) is 12.9. The number of carbonyl (C=O) groups excluding carboxylic acids is 1. The molecule has 7 nitrogen and oxygen atoms in total. The van der Waals surface area contributed by atoms with Gasteiger partial charge >= 0.3 is 0 Å². The van der Waals surface area contributed by atoms with E-state index < -0.39 is 22.5 Å². The second kappa shape index (κ2) is 6.52. The molecule has 0 saturated carbocycles. The number of thiazole rings is 1. The van der Waals surface area contributed by atoms with Crippen LogP contribution in [0.2, 0.25) is 0 Å². The number of primary amides is 1. The summed E-state index contributed by atoms with van der Waals surface area (Å²) in [6, 6.07) is 13.5. The molecule has 3 aromatic rings. The molecule has 9 heteroatoms. The second-order valence-electron chi connectivity index (χ2n) is 5.99. The minimum Gasteiger partial charge on any atom is -0.367 e. The van der Waals surface area contributed by atoms with E-state index in [2.05, 4.69) is 20.9 Å². The van der Waals surface area contributed by atoms with Crippen LogP contribution < -0.4 is 5.73 Å². The molecule has 2 heterocycles. The predicted octanol–water partition coefficient (Wildman–Crippen LogP) is 3.93. The van der Waals surface area contributed by atoms with E-state index in [4.69, 9.17) is 10.5 Å². The summed E-state index contributed by atoms with van der Waals surface area (Å²) in [5.74, 6) is -0.637. The molecule has 1 aliphatic heterocycles. The summed E-state index contributed by atoms with van der Waals surface area (Å²) in [5.41, 5.74) is 6.53. The first-order valence-electron chi connectivity index (χ1n) is 7.86. The lowest BCUT2D eigenvalue weighted by Crippen LogP contribution is -2.30. The van der Waals surface area contributed by atoms with Gasteiger partial charge in [-0.15, -0.1) is 11.3 Å². The number of non-ortho nitro benzene ring substituents is 1. The SMILES string of the molecule is NC(=O)C1(c2nc(-c3ccc(Br)cc3)cs2)OC1c1ccc([N+](=O)[O-])cc1. The quantitative estimate of drug-likeness (QED) is 0.363. The fourth-order valence-corrected chi connectivity index (χ4v) is 4.14. The molecule has 1 aliphatic rings. The number of ether oxygens (including phenoxy) is 1. The molecule has 2 N–H and O–H groups in total. The van der Waals surface area contributed by atoms with Crippen molar-refractivity contribution in [1.82, 2.24) is 4.98 Å². The van der Waals surface area contributed by atoms with E-state index in [0.29, 0.717) is 10.6 Å². The lowest BCUT2D eigenvalue weighted by Gasteiger charge is -2.05. The van der Waals surface area contributed by atoms with Gasteiger partial charge in [0.1, 0.15) is 11.1 Å². The van der Waals surface area contributed by atoms with E-state index in [1.165, 1.54) is 23.5 Å². The molecule has 136 valence electrons. The highest BCUT2D eigenvalue weighted by atomic mass is 79.9. The zero-order valence-electron chi connectivity index (χ0n) is 13.7. The number of benzene rings is 2. The van der Waals surface area contributed by atoms with E-state index in [1.807, 2.05) is 29.6 Å². The number of nitrogens with zero attached hydrogens (tertiary/aromatic N) is 2. The number of epoxide rings is 1. The highest BCUT2D eigenvalue weighted by Crippen LogP contribution is 2.57. The van der Waals surface area contributed by atoms with Gasteiger partial charge in [-0.25, -0.2) is 4.98 Å². The van der Waals surface area contributed by atoms with Crippen LogP contribution >= 0.6 is 27.3 Å². The standard InChI is InChI=1S/C18H12BrN3O4S/c19-12-5-1-10(2-6-12)14-9-27-17(21-14)18(16(20)23)15(26-18)11-3-7-13(8-4-11)22(24)25/h1-9,15H,(H2,20,23).